The van der Waals surface area contributed by atoms with Crippen molar-refractivity contribution in [3.05, 3.63) is 58.7 Å². The second-order valence-electron chi connectivity index (χ2n) is 4.50. The lowest BCUT2D eigenvalue weighted by molar-refractivity contribution is 0.215. The largest absolute Gasteiger partial charge is 0.399 e. The zero-order valence-electron chi connectivity index (χ0n) is 9.35. The summed E-state index contributed by atoms with van der Waals surface area (Å²) in [5.74, 6) is 0. The summed E-state index contributed by atoms with van der Waals surface area (Å²) < 4.78 is 0. The van der Waals surface area contributed by atoms with Crippen LogP contribution < -0.4 is 11.5 Å². The van der Waals surface area contributed by atoms with Crippen LogP contribution in [-0.2, 0) is 6.42 Å². The van der Waals surface area contributed by atoms with Crippen molar-refractivity contribution in [2.45, 2.75) is 12.5 Å². The first kappa shape index (κ1) is 10.2. The molecule has 0 spiro atoms. The minimum atomic E-state index is -0.599. The van der Waals surface area contributed by atoms with Crippen molar-refractivity contribution in [2.24, 2.45) is 0 Å². The van der Waals surface area contributed by atoms with Gasteiger partial charge in [-0.3, -0.25) is 0 Å². The summed E-state index contributed by atoms with van der Waals surface area (Å²) in [6, 6.07) is 11.3. The van der Waals surface area contributed by atoms with Crippen molar-refractivity contribution in [1.29, 1.82) is 0 Å². The molecule has 0 amide bonds. The fourth-order valence-electron chi connectivity index (χ4n) is 2.45. The lowest BCUT2D eigenvalue weighted by Crippen LogP contribution is -2.14. The number of aliphatic hydroxyl groups excluding tert-OH is 1. The Morgan fingerprint density at radius 3 is 2.41 bits per heavy atom. The van der Waals surface area contributed by atoms with E-state index in [-0.39, 0.29) is 0 Å². The van der Waals surface area contributed by atoms with Gasteiger partial charge in [-0.15, -0.1) is 0 Å². The van der Waals surface area contributed by atoms with Crippen LogP contribution in [0.2, 0.25) is 0 Å². The molecule has 3 rings (SSSR count). The highest BCUT2D eigenvalue weighted by atomic mass is 16.3. The number of benzene rings is 2. The van der Waals surface area contributed by atoms with E-state index in [2.05, 4.69) is 0 Å². The molecule has 5 N–H and O–H groups in total. The van der Waals surface area contributed by atoms with Gasteiger partial charge in [-0.2, -0.15) is 0 Å². The van der Waals surface area contributed by atoms with Crippen molar-refractivity contribution < 1.29 is 5.11 Å². The van der Waals surface area contributed by atoms with Crippen LogP contribution in [0, 0.1) is 0 Å². The minimum absolute atomic E-state index is 0.599. The number of hydrogen-bond acceptors (Lipinski definition) is 3. The third-order valence-electron chi connectivity index (χ3n) is 3.31. The highest BCUT2D eigenvalue weighted by Gasteiger charge is 2.23. The third-order valence-corrected chi connectivity index (χ3v) is 3.31. The van der Waals surface area contributed by atoms with Crippen LogP contribution in [-0.4, -0.2) is 5.11 Å². The van der Waals surface area contributed by atoms with E-state index in [0.717, 1.165) is 34.4 Å². The quantitative estimate of drug-likeness (QED) is 0.600. The highest BCUT2D eigenvalue weighted by molar-refractivity contribution is 5.56. The first-order chi connectivity index (χ1) is 8.15. The Kier molecular flexibility index (Phi) is 2.09. The maximum absolute atomic E-state index is 10.3. The van der Waals surface area contributed by atoms with E-state index in [9.17, 15) is 5.11 Å². The van der Waals surface area contributed by atoms with E-state index in [1.54, 1.807) is 0 Å². The number of aliphatic hydroxyl groups is 1. The smallest absolute Gasteiger partial charge is 0.105 e. The SMILES string of the molecule is Nc1ccc2c(c1)Cc1ccc(N)cc1C2O. The molecule has 1 aliphatic carbocycles. The van der Waals surface area contributed by atoms with Gasteiger partial charge >= 0.3 is 0 Å². The van der Waals surface area contributed by atoms with Crippen LogP contribution in [0.1, 0.15) is 28.4 Å². The molecule has 1 unspecified atom stereocenters. The molecular formula is C14H14N2O. The van der Waals surface area contributed by atoms with Crippen LogP contribution in [0.5, 0.6) is 0 Å². The number of fused-ring (bicyclic) bond motifs is 2. The lowest BCUT2D eigenvalue weighted by atomic mass is 9.83. The van der Waals surface area contributed by atoms with Crippen molar-refractivity contribution in [3.63, 3.8) is 0 Å². The molecule has 1 aliphatic rings. The normalized spacial score (nSPS) is 17.4. The molecule has 86 valence electrons. The number of anilines is 2. The van der Waals surface area contributed by atoms with Gasteiger partial charge in [-0.05, 0) is 52.9 Å². The van der Waals surface area contributed by atoms with Crippen LogP contribution in [0.4, 0.5) is 11.4 Å². The first-order valence-electron chi connectivity index (χ1n) is 5.60. The molecule has 3 heteroatoms. The Morgan fingerprint density at radius 2 is 1.59 bits per heavy atom. The van der Waals surface area contributed by atoms with E-state index in [1.807, 2.05) is 36.4 Å². The molecule has 3 nitrogen and oxygen atoms in total. The summed E-state index contributed by atoms with van der Waals surface area (Å²) in [6.45, 7) is 0. The average molecular weight is 226 g/mol. The van der Waals surface area contributed by atoms with E-state index >= 15 is 0 Å². The fourth-order valence-corrected chi connectivity index (χ4v) is 2.45. The predicted octanol–water partition coefficient (Wildman–Crippen LogP) is 1.84. The summed E-state index contributed by atoms with van der Waals surface area (Å²) in [5, 5.41) is 10.3. The van der Waals surface area contributed by atoms with E-state index in [0.29, 0.717) is 5.69 Å². The molecule has 0 aliphatic heterocycles. The molecule has 0 bridgehead atoms. The molecule has 0 aromatic heterocycles. The highest BCUT2D eigenvalue weighted by Crippen LogP contribution is 2.36. The van der Waals surface area contributed by atoms with Gasteiger partial charge in [-0.1, -0.05) is 12.1 Å². The fraction of sp³-hybridized carbons (Fsp3) is 0.143. The molecule has 0 heterocycles. The molecular weight excluding hydrogens is 212 g/mol. The van der Waals surface area contributed by atoms with E-state index in [4.69, 9.17) is 11.5 Å². The van der Waals surface area contributed by atoms with Crippen LogP contribution in [0.3, 0.4) is 0 Å². The average Bonchev–Trinajstić information content (AvgIpc) is 2.30. The number of hydrogen-bond donors (Lipinski definition) is 3. The Balaban J connectivity index is 2.17. The zero-order chi connectivity index (χ0) is 12.0. The first-order valence-corrected chi connectivity index (χ1v) is 5.60. The second-order valence-corrected chi connectivity index (χ2v) is 4.50. The van der Waals surface area contributed by atoms with Gasteiger partial charge in [0.1, 0.15) is 6.10 Å². The van der Waals surface area contributed by atoms with Crippen molar-refractivity contribution in [3.8, 4) is 0 Å². The van der Waals surface area contributed by atoms with Gasteiger partial charge in [0.2, 0.25) is 0 Å². The van der Waals surface area contributed by atoms with Gasteiger partial charge in [0, 0.05) is 11.4 Å². The summed E-state index contributed by atoms with van der Waals surface area (Å²) in [6.07, 6.45) is 0.199. The number of rotatable bonds is 0. The maximum atomic E-state index is 10.3. The minimum Gasteiger partial charge on any atom is -0.399 e. The van der Waals surface area contributed by atoms with Crippen molar-refractivity contribution in [1.82, 2.24) is 0 Å². The van der Waals surface area contributed by atoms with Gasteiger partial charge < -0.3 is 16.6 Å². The number of nitrogen functional groups attached to an aromatic ring is 2. The Morgan fingerprint density at radius 1 is 0.882 bits per heavy atom. The van der Waals surface area contributed by atoms with Crippen molar-refractivity contribution >= 4 is 11.4 Å². The molecule has 0 fully saturated rings. The van der Waals surface area contributed by atoms with Crippen LogP contribution in [0.25, 0.3) is 0 Å². The summed E-state index contributed by atoms with van der Waals surface area (Å²) in [5.41, 5.74) is 17.0. The van der Waals surface area contributed by atoms with Gasteiger partial charge in [-0.25, -0.2) is 0 Å². The Bertz CT molecular complexity index is 593. The van der Waals surface area contributed by atoms with Gasteiger partial charge in [0.25, 0.3) is 0 Å². The van der Waals surface area contributed by atoms with Crippen LogP contribution in [0.15, 0.2) is 36.4 Å². The molecule has 2 aromatic rings. The molecule has 2 aromatic carbocycles. The topological polar surface area (TPSA) is 72.3 Å². The lowest BCUT2D eigenvalue weighted by Gasteiger charge is -2.25. The van der Waals surface area contributed by atoms with E-state index in [1.165, 1.54) is 0 Å². The third kappa shape index (κ3) is 1.56. The summed E-state index contributed by atoms with van der Waals surface area (Å²) in [4.78, 5) is 0. The molecule has 17 heavy (non-hydrogen) atoms. The predicted molar refractivity (Wildman–Crippen MR) is 68.6 cm³/mol. The Hall–Kier alpha value is -2.00. The van der Waals surface area contributed by atoms with Crippen molar-refractivity contribution in [2.75, 3.05) is 11.5 Å². The molecule has 1 atom stereocenters. The maximum Gasteiger partial charge on any atom is 0.105 e. The standard InChI is InChI=1S/C14H14N2O/c15-10-3-4-12-9(6-10)5-8-1-2-11(16)7-13(8)14(12)17/h1-4,6-7,14,17H,5,15-16H2. The second kappa shape index (κ2) is 3.50. The molecule has 0 saturated heterocycles. The zero-order valence-corrected chi connectivity index (χ0v) is 9.35. The summed E-state index contributed by atoms with van der Waals surface area (Å²) >= 11 is 0. The molecule has 0 saturated carbocycles. The van der Waals surface area contributed by atoms with Crippen LogP contribution >= 0.6 is 0 Å². The molecule has 0 radical (unpaired) electrons. The summed E-state index contributed by atoms with van der Waals surface area (Å²) in [7, 11) is 0. The van der Waals surface area contributed by atoms with E-state index < -0.39 is 6.10 Å². The number of nitrogens with two attached hydrogens (primary N) is 2. The Labute approximate surface area is 99.7 Å². The van der Waals surface area contributed by atoms with Gasteiger partial charge in [0.05, 0.1) is 0 Å². The monoisotopic (exact) mass is 226 g/mol. The van der Waals surface area contributed by atoms with Gasteiger partial charge in [0.15, 0.2) is 0 Å².